The van der Waals surface area contributed by atoms with Crippen LogP contribution in [0.25, 0.3) is 0 Å². The van der Waals surface area contributed by atoms with Crippen molar-refractivity contribution in [1.82, 2.24) is 4.90 Å². The van der Waals surface area contributed by atoms with E-state index in [1.54, 1.807) is 0 Å². The van der Waals surface area contributed by atoms with E-state index in [0.29, 0.717) is 19.0 Å². The van der Waals surface area contributed by atoms with E-state index >= 15 is 0 Å². The molecule has 0 saturated heterocycles. The SMILES string of the molecule is CCCN(CCCl)C(=O)O. The van der Waals surface area contributed by atoms with Crippen LogP contribution in [-0.4, -0.2) is 35.1 Å². The highest BCUT2D eigenvalue weighted by Crippen LogP contribution is 1.92. The summed E-state index contributed by atoms with van der Waals surface area (Å²) in [6, 6.07) is 0. The minimum Gasteiger partial charge on any atom is -0.465 e. The molecule has 0 aliphatic carbocycles. The van der Waals surface area contributed by atoms with Crippen LogP contribution < -0.4 is 0 Å². The van der Waals surface area contributed by atoms with Crippen molar-refractivity contribution in [2.24, 2.45) is 0 Å². The van der Waals surface area contributed by atoms with E-state index in [0.717, 1.165) is 6.42 Å². The standard InChI is InChI=1S/C6H12ClNO2/c1-2-4-8(5-3-7)6(9)10/h2-5H2,1H3,(H,9,10). The molecule has 0 aromatic rings. The molecular weight excluding hydrogens is 154 g/mol. The zero-order valence-electron chi connectivity index (χ0n) is 6.01. The zero-order valence-corrected chi connectivity index (χ0v) is 6.76. The normalized spacial score (nSPS) is 9.40. The maximum Gasteiger partial charge on any atom is 0.407 e. The third kappa shape index (κ3) is 3.56. The van der Waals surface area contributed by atoms with Crippen LogP contribution in [0.5, 0.6) is 0 Å². The van der Waals surface area contributed by atoms with E-state index in [9.17, 15) is 4.79 Å². The first-order valence-electron chi connectivity index (χ1n) is 3.26. The highest BCUT2D eigenvalue weighted by atomic mass is 35.5. The molecule has 3 nitrogen and oxygen atoms in total. The van der Waals surface area contributed by atoms with Gasteiger partial charge < -0.3 is 10.0 Å². The third-order valence-electron chi connectivity index (χ3n) is 1.12. The van der Waals surface area contributed by atoms with Gasteiger partial charge in [-0.15, -0.1) is 11.6 Å². The van der Waals surface area contributed by atoms with Gasteiger partial charge >= 0.3 is 6.09 Å². The van der Waals surface area contributed by atoms with Crippen LogP contribution in [0.3, 0.4) is 0 Å². The molecule has 0 rings (SSSR count). The van der Waals surface area contributed by atoms with Gasteiger partial charge in [0, 0.05) is 19.0 Å². The van der Waals surface area contributed by atoms with Crippen LogP contribution in [0, 0.1) is 0 Å². The monoisotopic (exact) mass is 165 g/mol. The van der Waals surface area contributed by atoms with Crippen molar-refractivity contribution in [3.05, 3.63) is 0 Å². The van der Waals surface area contributed by atoms with Gasteiger partial charge in [0.1, 0.15) is 0 Å². The molecule has 0 heterocycles. The summed E-state index contributed by atoms with van der Waals surface area (Å²) in [5.74, 6) is 0.367. The quantitative estimate of drug-likeness (QED) is 0.643. The molecule has 0 spiro atoms. The van der Waals surface area contributed by atoms with Crippen molar-refractivity contribution >= 4 is 17.7 Å². The lowest BCUT2D eigenvalue weighted by Gasteiger charge is -2.15. The Kier molecular flexibility index (Phi) is 5.12. The Morgan fingerprint density at radius 3 is 2.50 bits per heavy atom. The summed E-state index contributed by atoms with van der Waals surface area (Å²) in [5.41, 5.74) is 0. The van der Waals surface area contributed by atoms with Crippen LogP contribution in [0.2, 0.25) is 0 Å². The second kappa shape index (κ2) is 5.35. The van der Waals surface area contributed by atoms with E-state index in [-0.39, 0.29) is 0 Å². The van der Waals surface area contributed by atoms with Gasteiger partial charge in [-0.3, -0.25) is 0 Å². The van der Waals surface area contributed by atoms with Crippen molar-refractivity contribution in [2.75, 3.05) is 19.0 Å². The van der Waals surface area contributed by atoms with Crippen molar-refractivity contribution < 1.29 is 9.90 Å². The second-order valence-corrected chi connectivity index (χ2v) is 2.34. The number of carbonyl (C=O) groups is 1. The largest absolute Gasteiger partial charge is 0.465 e. The average molecular weight is 166 g/mol. The molecule has 0 unspecified atom stereocenters. The number of alkyl halides is 1. The fourth-order valence-electron chi connectivity index (χ4n) is 0.675. The first kappa shape index (κ1) is 9.56. The maximum atomic E-state index is 10.3. The molecule has 1 amide bonds. The summed E-state index contributed by atoms with van der Waals surface area (Å²) in [6.07, 6.45) is -0.0501. The highest BCUT2D eigenvalue weighted by Gasteiger charge is 2.07. The van der Waals surface area contributed by atoms with Gasteiger partial charge in [0.05, 0.1) is 0 Å². The number of hydrogen-bond acceptors (Lipinski definition) is 1. The number of rotatable bonds is 4. The smallest absolute Gasteiger partial charge is 0.407 e. The fourth-order valence-corrected chi connectivity index (χ4v) is 0.879. The molecule has 1 N–H and O–H groups in total. The second-order valence-electron chi connectivity index (χ2n) is 1.96. The first-order chi connectivity index (χ1) is 4.72. The molecule has 0 aromatic heterocycles. The van der Waals surface area contributed by atoms with Crippen LogP contribution >= 0.6 is 11.6 Å². The van der Waals surface area contributed by atoms with E-state index in [1.807, 2.05) is 6.92 Å². The van der Waals surface area contributed by atoms with Crippen LogP contribution in [0.15, 0.2) is 0 Å². The predicted octanol–water partition coefficient (Wildman–Crippen LogP) is 1.62. The topological polar surface area (TPSA) is 40.5 Å². The minimum absolute atomic E-state index is 0.367. The van der Waals surface area contributed by atoms with E-state index in [1.165, 1.54) is 4.90 Å². The maximum absolute atomic E-state index is 10.3. The molecule has 0 aliphatic rings. The summed E-state index contributed by atoms with van der Waals surface area (Å²) in [7, 11) is 0. The van der Waals surface area contributed by atoms with Crippen molar-refractivity contribution in [1.29, 1.82) is 0 Å². The van der Waals surface area contributed by atoms with Crippen molar-refractivity contribution in [2.45, 2.75) is 13.3 Å². The van der Waals surface area contributed by atoms with Crippen molar-refractivity contribution in [3.8, 4) is 0 Å². The van der Waals surface area contributed by atoms with E-state index in [4.69, 9.17) is 16.7 Å². The molecule has 0 fully saturated rings. The Balaban J connectivity index is 3.61. The predicted molar refractivity (Wildman–Crippen MR) is 40.6 cm³/mol. The Morgan fingerprint density at radius 2 is 2.20 bits per heavy atom. The summed E-state index contributed by atoms with van der Waals surface area (Å²) < 4.78 is 0. The highest BCUT2D eigenvalue weighted by molar-refractivity contribution is 6.18. The Bertz CT molecular complexity index is 102. The van der Waals surface area contributed by atoms with Gasteiger partial charge in [0.2, 0.25) is 0 Å². The lowest BCUT2D eigenvalue weighted by Crippen LogP contribution is -2.31. The molecule has 0 aliphatic heterocycles. The molecule has 0 atom stereocenters. The molecule has 0 radical (unpaired) electrons. The average Bonchev–Trinajstić information content (AvgIpc) is 1.87. The lowest BCUT2D eigenvalue weighted by atomic mass is 10.4. The molecule has 0 saturated carbocycles. The van der Waals surface area contributed by atoms with E-state index in [2.05, 4.69) is 0 Å². The van der Waals surface area contributed by atoms with Gasteiger partial charge in [0.25, 0.3) is 0 Å². The summed E-state index contributed by atoms with van der Waals surface area (Å²) >= 11 is 5.37. The van der Waals surface area contributed by atoms with Crippen LogP contribution in [0.1, 0.15) is 13.3 Å². The number of amides is 1. The van der Waals surface area contributed by atoms with Gasteiger partial charge in [-0.1, -0.05) is 6.92 Å². The number of halogens is 1. The molecule has 0 bridgehead atoms. The zero-order chi connectivity index (χ0) is 7.98. The number of hydrogen-bond donors (Lipinski definition) is 1. The molecule has 60 valence electrons. The Hall–Kier alpha value is -0.440. The van der Waals surface area contributed by atoms with Crippen molar-refractivity contribution in [3.63, 3.8) is 0 Å². The third-order valence-corrected chi connectivity index (χ3v) is 1.29. The van der Waals surface area contributed by atoms with E-state index < -0.39 is 6.09 Å². The first-order valence-corrected chi connectivity index (χ1v) is 3.79. The molecule has 4 heteroatoms. The lowest BCUT2D eigenvalue weighted by molar-refractivity contribution is 0.148. The fraction of sp³-hybridized carbons (Fsp3) is 0.833. The Morgan fingerprint density at radius 1 is 1.60 bits per heavy atom. The Labute approximate surface area is 65.6 Å². The molecule has 10 heavy (non-hydrogen) atoms. The summed E-state index contributed by atoms with van der Waals surface area (Å²) in [5, 5.41) is 8.50. The van der Waals surface area contributed by atoms with Gasteiger partial charge in [0.15, 0.2) is 0 Å². The number of carboxylic acid groups (broad SMARTS) is 1. The molecular formula is C6H12ClNO2. The van der Waals surface area contributed by atoms with Gasteiger partial charge in [-0.05, 0) is 6.42 Å². The summed E-state index contributed by atoms with van der Waals surface area (Å²) in [6.45, 7) is 2.93. The van der Waals surface area contributed by atoms with Gasteiger partial charge in [-0.25, -0.2) is 4.79 Å². The molecule has 0 aromatic carbocycles. The van der Waals surface area contributed by atoms with Crippen LogP contribution in [-0.2, 0) is 0 Å². The van der Waals surface area contributed by atoms with Crippen LogP contribution in [0.4, 0.5) is 4.79 Å². The number of nitrogens with zero attached hydrogens (tertiary/aromatic N) is 1. The van der Waals surface area contributed by atoms with Gasteiger partial charge in [-0.2, -0.15) is 0 Å². The minimum atomic E-state index is -0.887. The summed E-state index contributed by atoms with van der Waals surface area (Å²) in [4.78, 5) is 11.7.